The zero-order valence-electron chi connectivity index (χ0n) is 13.2. The number of sulfonamides is 1. The molecule has 2 aromatic carbocycles. The predicted molar refractivity (Wildman–Crippen MR) is 90.8 cm³/mol. The number of rotatable bonds is 6. The first-order chi connectivity index (χ1) is 11.8. The Morgan fingerprint density at radius 1 is 1.20 bits per heavy atom. The van der Waals surface area contributed by atoms with Crippen LogP contribution in [0.5, 0.6) is 5.75 Å². The van der Waals surface area contributed by atoms with E-state index in [1.807, 2.05) is 0 Å². The molecule has 0 spiro atoms. The van der Waals surface area contributed by atoms with Gasteiger partial charge in [0.15, 0.2) is 5.58 Å². The number of hydrogen-bond acceptors (Lipinski definition) is 5. The molecule has 0 unspecified atom stereocenters. The van der Waals surface area contributed by atoms with Gasteiger partial charge in [-0.3, -0.25) is 9.29 Å². The van der Waals surface area contributed by atoms with Crippen LogP contribution in [0.15, 0.2) is 51.7 Å². The third-order valence-electron chi connectivity index (χ3n) is 3.50. The summed E-state index contributed by atoms with van der Waals surface area (Å²) in [6.45, 7) is -0.0936. The van der Waals surface area contributed by atoms with E-state index in [2.05, 4.69) is 4.72 Å². The molecule has 0 saturated carbocycles. The fourth-order valence-corrected chi connectivity index (χ4v) is 3.12. The number of oxazole rings is 1. The number of nitrogens with one attached hydrogen (secondary N) is 1. The van der Waals surface area contributed by atoms with Crippen molar-refractivity contribution in [3.8, 4) is 5.75 Å². The number of fused-ring (bicyclic) bond motifs is 1. The van der Waals surface area contributed by atoms with E-state index in [1.165, 1.54) is 41.0 Å². The van der Waals surface area contributed by atoms with Crippen molar-refractivity contribution in [1.82, 2.24) is 4.57 Å². The summed E-state index contributed by atoms with van der Waals surface area (Å²) in [6.07, 6.45) is 0. The molecule has 1 aromatic heterocycles. The summed E-state index contributed by atoms with van der Waals surface area (Å²) in [7, 11) is -2.10. The molecule has 1 heterocycles. The van der Waals surface area contributed by atoms with Gasteiger partial charge in [-0.25, -0.2) is 17.6 Å². The molecule has 7 nitrogen and oxygen atoms in total. The molecule has 0 atom stereocenters. The van der Waals surface area contributed by atoms with E-state index in [4.69, 9.17) is 9.15 Å². The standard InChI is InChI=1S/C16H15FN2O5S/c1-19-14-7-4-12(10-15(14)24-16(19)20)18-25(21,22)9-8-23-13-5-2-11(17)3-6-13/h2-7,10,18H,8-9H2,1H3. The average Bonchev–Trinajstić information content (AvgIpc) is 2.83. The monoisotopic (exact) mass is 366 g/mol. The van der Waals surface area contributed by atoms with Crippen molar-refractivity contribution >= 4 is 26.8 Å². The number of ether oxygens (including phenoxy) is 1. The Kier molecular flexibility index (Phi) is 4.49. The van der Waals surface area contributed by atoms with E-state index in [-0.39, 0.29) is 23.6 Å². The topological polar surface area (TPSA) is 90.5 Å². The van der Waals surface area contributed by atoms with Gasteiger partial charge in [-0.2, -0.15) is 0 Å². The van der Waals surface area contributed by atoms with Gasteiger partial charge in [0.25, 0.3) is 0 Å². The maximum absolute atomic E-state index is 12.8. The summed E-state index contributed by atoms with van der Waals surface area (Å²) in [5.41, 5.74) is 1.13. The van der Waals surface area contributed by atoms with E-state index in [1.54, 1.807) is 13.1 Å². The van der Waals surface area contributed by atoms with Crippen molar-refractivity contribution in [2.45, 2.75) is 0 Å². The lowest BCUT2D eigenvalue weighted by atomic mass is 10.3. The number of aromatic nitrogens is 1. The van der Waals surface area contributed by atoms with E-state index in [9.17, 15) is 17.6 Å². The van der Waals surface area contributed by atoms with Crippen LogP contribution in [0.2, 0.25) is 0 Å². The Labute approximate surface area is 142 Å². The molecule has 0 aliphatic rings. The van der Waals surface area contributed by atoms with Crippen LogP contribution in [-0.4, -0.2) is 25.3 Å². The van der Waals surface area contributed by atoms with Crippen molar-refractivity contribution in [3.05, 3.63) is 58.8 Å². The molecule has 0 saturated heterocycles. The molecule has 132 valence electrons. The summed E-state index contributed by atoms with van der Waals surface area (Å²) in [6, 6.07) is 9.86. The summed E-state index contributed by atoms with van der Waals surface area (Å²) in [4.78, 5) is 11.4. The molecule has 0 amide bonds. The molecule has 9 heteroatoms. The van der Waals surface area contributed by atoms with Crippen LogP contribution in [0.4, 0.5) is 10.1 Å². The molecule has 25 heavy (non-hydrogen) atoms. The lowest BCUT2D eigenvalue weighted by molar-refractivity contribution is 0.340. The van der Waals surface area contributed by atoms with Crippen LogP contribution in [0.25, 0.3) is 11.1 Å². The predicted octanol–water partition coefficient (Wildman–Crippen LogP) is 2.09. The molecule has 0 fully saturated rings. The summed E-state index contributed by atoms with van der Waals surface area (Å²) in [5, 5.41) is 0. The highest BCUT2D eigenvalue weighted by atomic mass is 32.2. The largest absolute Gasteiger partial charge is 0.492 e. The van der Waals surface area contributed by atoms with Crippen LogP contribution in [-0.2, 0) is 17.1 Å². The van der Waals surface area contributed by atoms with E-state index >= 15 is 0 Å². The van der Waals surface area contributed by atoms with E-state index in [0.717, 1.165) is 0 Å². The highest BCUT2D eigenvalue weighted by Crippen LogP contribution is 2.19. The number of hydrogen-bond donors (Lipinski definition) is 1. The van der Waals surface area contributed by atoms with Crippen molar-refractivity contribution in [2.24, 2.45) is 7.05 Å². The van der Waals surface area contributed by atoms with Crippen LogP contribution in [0.3, 0.4) is 0 Å². The lowest BCUT2D eigenvalue weighted by Crippen LogP contribution is -2.21. The number of aryl methyl sites for hydroxylation is 1. The Morgan fingerprint density at radius 2 is 1.92 bits per heavy atom. The minimum absolute atomic E-state index is 0.0936. The number of halogens is 1. The zero-order chi connectivity index (χ0) is 18.0. The minimum Gasteiger partial charge on any atom is -0.492 e. The maximum atomic E-state index is 12.8. The van der Waals surface area contributed by atoms with Crippen molar-refractivity contribution < 1.29 is 22.0 Å². The zero-order valence-corrected chi connectivity index (χ0v) is 14.0. The molecule has 0 aliphatic heterocycles. The van der Waals surface area contributed by atoms with Gasteiger partial charge < -0.3 is 9.15 Å². The Balaban J connectivity index is 1.64. The quantitative estimate of drug-likeness (QED) is 0.721. The third-order valence-corrected chi connectivity index (χ3v) is 4.75. The van der Waals surface area contributed by atoms with Crippen molar-refractivity contribution in [1.29, 1.82) is 0 Å². The molecule has 3 rings (SSSR count). The first-order valence-corrected chi connectivity index (χ1v) is 8.98. The summed E-state index contributed by atoms with van der Waals surface area (Å²) in [5.74, 6) is -0.836. The molecule has 3 aromatic rings. The normalized spacial score (nSPS) is 11.6. The van der Waals surface area contributed by atoms with Crippen LogP contribution in [0, 0.1) is 5.82 Å². The van der Waals surface area contributed by atoms with Crippen molar-refractivity contribution in [2.75, 3.05) is 17.1 Å². The molecular weight excluding hydrogens is 351 g/mol. The lowest BCUT2D eigenvalue weighted by Gasteiger charge is -2.09. The first kappa shape index (κ1) is 17.0. The van der Waals surface area contributed by atoms with Gasteiger partial charge >= 0.3 is 5.76 Å². The Hall–Kier alpha value is -2.81. The van der Waals surface area contributed by atoms with Gasteiger partial charge in [-0.05, 0) is 36.4 Å². The number of benzene rings is 2. The second kappa shape index (κ2) is 6.60. The van der Waals surface area contributed by atoms with Crippen LogP contribution < -0.4 is 15.2 Å². The second-order valence-electron chi connectivity index (χ2n) is 5.33. The fraction of sp³-hybridized carbons (Fsp3) is 0.188. The summed E-state index contributed by atoms with van der Waals surface area (Å²) >= 11 is 0. The fourth-order valence-electron chi connectivity index (χ4n) is 2.23. The number of anilines is 1. The van der Waals surface area contributed by atoms with E-state index in [0.29, 0.717) is 11.3 Å². The third kappa shape index (κ3) is 4.00. The molecular formula is C16H15FN2O5S. The highest BCUT2D eigenvalue weighted by Gasteiger charge is 2.13. The summed E-state index contributed by atoms with van der Waals surface area (Å²) < 4.78 is 51.0. The van der Waals surface area contributed by atoms with Gasteiger partial charge in [-0.1, -0.05) is 0 Å². The molecule has 0 radical (unpaired) electrons. The Morgan fingerprint density at radius 3 is 2.64 bits per heavy atom. The molecule has 0 aliphatic carbocycles. The van der Waals surface area contributed by atoms with Crippen LogP contribution in [0.1, 0.15) is 0 Å². The maximum Gasteiger partial charge on any atom is 0.419 e. The van der Waals surface area contributed by atoms with Gasteiger partial charge in [-0.15, -0.1) is 0 Å². The van der Waals surface area contributed by atoms with Gasteiger partial charge in [0, 0.05) is 13.1 Å². The van der Waals surface area contributed by atoms with Gasteiger partial charge in [0.1, 0.15) is 23.9 Å². The highest BCUT2D eigenvalue weighted by molar-refractivity contribution is 7.92. The smallest absolute Gasteiger partial charge is 0.419 e. The van der Waals surface area contributed by atoms with Crippen LogP contribution >= 0.6 is 0 Å². The first-order valence-electron chi connectivity index (χ1n) is 7.32. The Bertz CT molecular complexity index is 1050. The van der Waals surface area contributed by atoms with Crippen molar-refractivity contribution in [3.63, 3.8) is 0 Å². The molecule has 1 N–H and O–H groups in total. The minimum atomic E-state index is -3.66. The van der Waals surface area contributed by atoms with Gasteiger partial charge in [0.2, 0.25) is 10.0 Å². The van der Waals surface area contributed by atoms with Gasteiger partial charge in [0.05, 0.1) is 11.2 Å². The SMILES string of the molecule is Cn1c(=O)oc2cc(NS(=O)(=O)CCOc3ccc(F)cc3)ccc21. The van der Waals surface area contributed by atoms with E-state index < -0.39 is 21.6 Å². The average molecular weight is 366 g/mol. The number of nitrogens with zero attached hydrogens (tertiary/aromatic N) is 1. The molecule has 0 bridgehead atoms. The second-order valence-corrected chi connectivity index (χ2v) is 7.17.